The Kier molecular flexibility index (Phi) is 5.83. The summed E-state index contributed by atoms with van der Waals surface area (Å²) >= 11 is 0. The average molecular weight is 410 g/mol. The van der Waals surface area contributed by atoms with Gasteiger partial charge in [0.2, 0.25) is 0 Å². The van der Waals surface area contributed by atoms with Crippen LogP contribution in [0.25, 0.3) is 5.69 Å². The van der Waals surface area contributed by atoms with Crippen molar-refractivity contribution in [3.05, 3.63) is 83.7 Å². The summed E-state index contributed by atoms with van der Waals surface area (Å²) in [5.74, 6) is 0.614. The van der Waals surface area contributed by atoms with Crippen LogP contribution in [0.2, 0.25) is 0 Å². The van der Waals surface area contributed by atoms with E-state index in [1.165, 1.54) is 17.4 Å². The first-order valence-electron chi connectivity index (χ1n) is 10.0. The highest BCUT2D eigenvalue weighted by Gasteiger charge is 2.21. The molecule has 1 aliphatic rings. The molecule has 29 heavy (non-hydrogen) atoms. The van der Waals surface area contributed by atoms with Crippen LogP contribution in [0.15, 0.2) is 67.0 Å². The summed E-state index contributed by atoms with van der Waals surface area (Å²) in [7, 11) is -3.00. The van der Waals surface area contributed by atoms with Gasteiger partial charge in [-0.2, -0.15) is 5.10 Å². The van der Waals surface area contributed by atoms with Crippen molar-refractivity contribution in [1.29, 1.82) is 0 Å². The third kappa shape index (κ3) is 5.34. The van der Waals surface area contributed by atoms with Crippen LogP contribution >= 0.6 is 0 Å². The van der Waals surface area contributed by atoms with Gasteiger partial charge in [0.05, 0.1) is 17.6 Å². The quantitative estimate of drug-likeness (QED) is 0.621. The second kappa shape index (κ2) is 8.51. The Labute approximate surface area is 172 Å². The lowest BCUT2D eigenvalue weighted by atomic mass is 9.88. The van der Waals surface area contributed by atoms with E-state index in [-0.39, 0.29) is 5.75 Å². The fourth-order valence-electron chi connectivity index (χ4n) is 4.09. The van der Waals surface area contributed by atoms with E-state index in [1.807, 2.05) is 41.2 Å². The van der Waals surface area contributed by atoms with Crippen molar-refractivity contribution < 1.29 is 8.42 Å². The molecular weight excluding hydrogens is 382 g/mol. The van der Waals surface area contributed by atoms with Crippen molar-refractivity contribution in [2.75, 3.05) is 19.3 Å². The molecule has 1 aliphatic heterocycles. The minimum atomic E-state index is -3.00. The van der Waals surface area contributed by atoms with E-state index in [0.717, 1.165) is 43.7 Å². The number of hydrogen-bond donors (Lipinski definition) is 0. The molecule has 0 unspecified atom stereocenters. The number of likely N-dealkylation sites (tertiary alicyclic amines) is 1. The van der Waals surface area contributed by atoms with E-state index in [2.05, 4.69) is 40.5 Å². The number of rotatable bonds is 6. The SMILES string of the molecule is CS(=O)(=O)Cc1cccc(C2CCN(Cc3cnn(-c4ccccc4)c3)CC2)c1. The lowest BCUT2D eigenvalue weighted by molar-refractivity contribution is 0.204. The van der Waals surface area contributed by atoms with Gasteiger partial charge in [-0.15, -0.1) is 0 Å². The molecule has 1 fully saturated rings. The van der Waals surface area contributed by atoms with Crippen molar-refractivity contribution in [1.82, 2.24) is 14.7 Å². The molecule has 0 saturated carbocycles. The van der Waals surface area contributed by atoms with Gasteiger partial charge in [-0.1, -0.05) is 42.5 Å². The molecule has 2 aromatic carbocycles. The second-order valence-corrected chi connectivity index (χ2v) is 10.1. The summed E-state index contributed by atoms with van der Waals surface area (Å²) in [6.45, 7) is 2.99. The molecule has 0 aliphatic carbocycles. The summed E-state index contributed by atoms with van der Waals surface area (Å²) in [5, 5.41) is 4.49. The van der Waals surface area contributed by atoms with Gasteiger partial charge < -0.3 is 0 Å². The number of piperidine rings is 1. The first-order valence-corrected chi connectivity index (χ1v) is 12.1. The Morgan fingerprint density at radius 2 is 1.76 bits per heavy atom. The number of aromatic nitrogens is 2. The zero-order chi connectivity index (χ0) is 20.3. The van der Waals surface area contributed by atoms with Crippen LogP contribution in [-0.4, -0.2) is 42.4 Å². The van der Waals surface area contributed by atoms with E-state index in [1.54, 1.807) is 0 Å². The molecule has 0 spiro atoms. The molecular formula is C23H27N3O2S. The smallest absolute Gasteiger partial charge is 0.151 e. The predicted octanol–water partition coefficient (Wildman–Crippen LogP) is 3.80. The van der Waals surface area contributed by atoms with Crippen LogP contribution in [0.5, 0.6) is 0 Å². The zero-order valence-corrected chi connectivity index (χ0v) is 17.6. The Morgan fingerprint density at radius 3 is 2.48 bits per heavy atom. The van der Waals surface area contributed by atoms with Crippen LogP contribution in [0.3, 0.4) is 0 Å². The molecule has 0 bridgehead atoms. The Balaban J connectivity index is 1.34. The minimum absolute atomic E-state index is 0.116. The van der Waals surface area contributed by atoms with E-state index in [9.17, 15) is 8.42 Å². The van der Waals surface area contributed by atoms with Crippen molar-refractivity contribution in [2.24, 2.45) is 0 Å². The summed E-state index contributed by atoms with van der Waals surface area (Å²) in [6, 6.07) is 18.3. The van der Waals surface area contributed by atoms with E-state index >= 15 is 0 Å². The monoisotopic (exact) mass is 409 g/mol. The number of hydrogen-bond acceptors (Lipinski definition) is 4. The third-order valence-corrected chi connectivity index (χ3v) is 6.36. The van der Waals surface area contributed by atoms with Crippen molar-refractivity contribution in [2.45, 2.75) is 31.1 Å². The second-order valence-electron chi connectivity index (χ2n) is 7.99. The van der Waals surface area contributed by atoms with Gasteiger partial charge in [-0.25, -0.2) is 13.1 Å². The number of nitrogens with zero attached hydrogens (tertiary/aromatic N) is 3. The van der Waals surface area contributed by atoms with Gasteiger partial charge in [0.15, 0.2) is 9.84 Å². The maximum atomic E-state index is 11.6. The standard InChI is InChI=1S/C23H27N3O2S/c1-29(27,28)18-19-6-5-7-22(14-19)21-10-12-25(13-11-21)16-20-15-24-26(17-20)23-8-3-2-4-9-23/h2-9,14-15,17,21H,10-13,16,18H2,1H3. The normalized spacial score (nSPS) is 16.2. The highest BCUT2D eigenvalue weighted by atomic mass is 32.2. The Morgan fingerprint density at radius 1 is 1.00 bits per heavy atom. The number of para-hydroxylation sites is 1. The van der Waals surface area contributed by atoms with Crippen molar-refractivity contribution in [3.63, 3.8) is 0 Å². The van der Waals surface area contributed by atoms with Gasteiger partial charge in [-0.3, -0.25) is 4.90 Å². The van der Waals surface area contributed by atoms with E-state index in [4.69, 9.17) is 0 Å². The molecule has 0 N–H and O–H groups in total. The summed E-state index contributed by atoms with van der Waals surface area (Å²) in [6.07, 6.45) is 7.53. The van der Waals surface area contributed by atoms with Crippen molar-refractivity contribution >= 4 is 9.84 Å². The molecule has 5 nitrogen and oxygen atoms in total. The fourth-order valence-corrected chi connectivity index (χ4v) is 4.87. The minimum Gasteiger partial charge on any atom is -0.299 e. The molecule has 1 aromatic heterocycles. The van der Waals surface area contributed by atoms with Crippen LogP contribution < -0.4 is 0 Å². The van der Waals surface area contributed by atoms with Gasteiger partial charge in [0, 0.05) is 24.6 Å². The van der Waals surface area contributed by atoms with Gasteiger partial charge in [0.1, 0.15) is 0 Å². The third-order valence-electron chi connectivity index (χ3n) is 5.50. The van der Waals surface area contributed by atoms with Gasteiger partial charge in [0.25, 0.3) is 0 Å². The molecule has 4 rings (SSSR count). The zero-order valence-electron chi connectivity index (χ0n) is 16.7. The number of benzene rings is 2. The fraction of sp³-hybridized carbons (Fsp3) is 0.348. The lowest BCUT2D eigenvalue weighted by Gasteiger charge is -2.32. The summed E-state index contributed by atoms with van der Waals surface area (Å²) < 4.78 is 25.1. The highest BCUT2D eigenvalue weighted by molar-refractivity contribution is 7.89. The van der Waals surface area contributed by atoms with Crippen LogP contribution in [-0.2, 0) is 22.1 Å². The molecule has 1 saturated heterocycles. The van der Waals surface area contributed by atoms with Gasteiger partial charge in [-0.05, 0) is 55.1 Å². The Bertz CT molecular complexity index is 1050. The molecule has 2 heterocycles. The molecule has 0 amide bonds. The largest absolute Gasteiger partial charge is 0.299 e. The summed E-state index contributed by atoms with van der Waals surface area (Å²) in [4.78, 5) is 2.48. The summed E-state index contributed by atoms with van der Waals surface area (Å²) in [5.41, 5.74) is 4.46. The van der Waals surface area contributed by atoms with E-state index in [0.29, 0.717) is 5.92 Å². The maximum absolute atomic E-state index is 11.6. The Hall–Kier alpha value is -2.44. The first-order chi connectivity index (χ1) is 14.0. The molecule has 0 radical (unpaired) electrons. The average Bonchev–Trinajstić information content (AvgIpc) is 3.17. The number of sulfone groups is 1. The topological polar surface area (TPSA) is 55.2 Å². The lowest BCUT2D eigenvalue weighted by Crippen LogP contribution is -2.32. The van der Waals surface area contributed by atoms with Crippen LogP contribution in [0.1, 0.15) is 35.4 Å². The van der Waals surface area contributed by atoms with Gasteiger partial charge >= 0.3 is 0 Å². The molecule has 0 atom stereocenters. The molecule has 152 valence electrons. The molecule has 3 aromatic rings. The van der Waals surface area contributed by atoms with E-state index < -0.39 is 9.84 Å². The van der Waals surface area contributed by atoms with Crippen LogP contribution in [0, 0.1) is 0 Å². The predicted molar refractivity (Wildman–Crippen MR) is 116 cm³/mol. The molecule has 6 heteroatoms. The highest BCUT2D eigenvalue weighted by Crippen LogP contribution is 2.29. The first kappa shape index (κ1) is 19.9. The maximum Gasteiger partial charge on any atom is 0.151 e. The van der Waals surface area contributed by atoms with Crippen LogP contribution in [0.4, 0.5) is 0 Å². The van der Waals surface area contributed by atoms with Crippen molar-refractivity contribution in [3.8, 4) is 5.69 Å².